The molecule has 2 N–H and O–H groups in total. The summed E-state index contributed by atoms with van der Waals surface area (Å²) < 4.78 is 1.15. The molecule has 0 heterocycles. The van der Waals surface area contributed by atoms with Gasteiger partial charge in [-0.1, -0.05) is 41.9 Å². The van der Waals surface area contributed by atoms with Gasteiger partial charge in [0.05, 0.1) is 0 Å². The highest BCUT2D eigenvalue weighted by atomic mass is 79.9. The molecule has 1 aromatic rings. The Hall–Kier alpha value is -0.380. The average molecular weight is 339 g/mol. The van der Waals surface area contributed by atoms with Gasteiger partial charge >= 0.3 is 0 Å². The van der Waals surface area contributed by atoms with Crippen molar-refractivity contribution in [3.63, 3.8) is 0 Å². The number of hydrogen-bond donors (Lipinski definition) is 1. The van der Waals surface area contributed by atoms with E-state index in [0.29, 0.717) is 0 Å². The van der Waals surface area contributed by atoms with Gasteiger partial charge in [-0.3, -0.25) is 4.90 Å². The Morgan fingerprint density at radius 2 is 2.10 bits per heavy atom. The third-order valence-corrected chi connectivity index (χ3v) is 5.73. The predicted molar refractivity (Wildman–Crippen MR) is 89.6 cm³/mol. The average Bonchev–Trinajstić information content (AvgIpc) is 2.42. The molecule has 0 radical (unpaired) electrons. The highest BCUT2D eigenvalue weighted by Gasteiger charge is 2.39. The van der Waals surface area contributed by atoms with Crippen LogP contribution in [0.4, 0.5) is 0 Å². The number of halogens is 1. The molecule has 3 atom stereocenters. The summed E-state index contributed by atoms with van der Waals surface area (Å²) >= 11 is 3.55. The van der Waals surface area contributed by atoms with E-state index >= 15 is 0 Å². The minimum atomic E-state index is 0.175. The van der Waals surface area contributed by atoms with E-state index in [2.05, 4.69) is 66.0 Å². The van der Waals surface area contributed by atoms with Crippen molar-refractivity contribution in [2.75, 3.05) is 13.6 Å². The molecule has 2 nitrogen and oxygen atoms in total. The van der Waals surface area contributed by atoms with E-state index in [-0.39, 0.29) is 5.54 Å². The fourth-order valence-electron chi connectivity index (χ4n) is 3.45. The molecule has 0 saturated heterocycles. The molecule has 3 unspecified atom stereocenters. The van der Waals surface area contributed by atoms with E-state index in [0.717, 1.165) is 29.4 Å². The van der Waals surface area contributed by atoms with E-state index in [1.54, 1.807) is 0 Å². The van der Waals surface area contributed by atoms with Crippen LogP contribution in [0.2, 0.25) is 0 Å². The summed E-state index contributed by atoms with van der Waals surface area (Å²) in [6.45, 7) is 6.48. The number of nitrogens with zero attached hydrogens (tertiary/aromatic N) is 1. The lowest BCUT2D eigenvalue weighted by atomic mass is 9.70. The van der Waals surface area contributed by atoms with Crippen LogP contribution in [0.3, 0.4) is 0 Å². The van der Waals surface area contributed by atoms with Gasteiger partial charge in [0.2, 0.25) is 0 Å². The fourth-order valence-corrected chi connectivity index (χ4v) is 3.89. The smallest absolute Gasteiger partial charge is 0.0334 e. The van der Waals surface area contributed by atoms with Crippen molar-refractivity contribution in [3.8, 4) is 0 Å². The Labute approximate surface area is 131 Å². The summed E-state index contributed by atoms with van der Waals surface area (Å²) in [5.41, 5.74) is 7.70. The SMILES string of the molecule is CC1CCC(CN)(N(C)Cc2cccc(Br)c2)CC1C. The quantitative estimate of drug-likeness (QED) is 0.897. The summed E-state index contributed by atoms with van der Waals surface area (Å²) in [5.74, 6) is 1.59. The standard InChI is InChI=1S/C17H27BrN2/c1-13-7-8-17(12-19,10-14(13)2)20(3)11-15-5-4-6-16(18)9-15/h4-6,9,13-14H,7-8,10-12,19H2,1-3H3. The first-order valence-corrected chi connectivity index (χ1v) is 8.42. The molecule has 0 spiro atoms. The van der Waals surface area contributed by atoms with Gasteiger partial charge in [-0.25, -0.2) is 0 Å². The van der Waals surface area contributed by atoms with Crippen LogP contribution in [0, 0.1) is 11.8 Å². The molecular formula is C17H27BrN2. The van der Waals surface area contributed by atoms with Crippen molar-refractivity contribution in [2.24, 2.45) is 17.6 Å². The van der Waals surface area contributed by atoms with Gasteiger partial charge < -0.3 is 5.73 Å². The van der Waals surface area contributed by atoms with Crippen LogP contribution >= 0.6 is 15.9 Å². The molecule has 20 heavy (non-hydrogen) atoms. The molecule has 1 aliphatic carbocycles. The summed E-state index contributed by atoms with van der Waals surface area (Å²) in [6, 6.07) is 8.58. The van der Waals surface area contributed by atoms with Crippen molar-refractivity contribution in [1.29, 1.82) is 0 Å². The molecule has 112 valence electrons. The zero-order chi connectivity index (χ0) is 14.8. The van der Waals surface area contributed by atoms with E-state index in [9.17, 15) is 0 Å². The number of rotatable bonds is 4. The van der Waals surface area contributed by atoms with E-state index < -0.39 is 0 Å². The Balaban J connectivity index is 2.11. The minimum Gasteiger partial charge on any atom is -0.329 e. The molecule has 1 saturated carbocycles. The Kier molecular flexibility index (Phi) is 5.27. The lowest BCUT2D eigenvalue weighted by Gasteiger charge is -2.48. The first-order valence-electron chi connectivity index (χ1n) is 7.62. The maximum atomic E-state index is 6.18. The molecule has 0 amide bonds. The molecule has 0 bridgehead atoms. The maximum absolute atomic E-state index is 6.18. The van der Waals surface area contributed by atoms with Gasteiger partial charge in [0.25, 0.3) is 0 Å². The van der Waals surface area contributed by atoms with Crippen LogP contribution in [0.5, 0.6) is 0 Å². The Bertz CT molecular complexity index is 448. The van der Waals surface area contributed by atoms with Crippen LogP contribution in [0.15, 0.2) is 28.7 Å². The number of hydrogen-bond acceptors (Lipinski definition) is 2. The number of likely N-dealkylation sites (N-methyl/N-ethyl adjacent to an activating group) is 1. The molecular weight excluding hydrogens is 312 g/mol. The zero-order valence-corrected chi connectivity index (χ0v) is 14.5. The van der Waals surface area contributed by atoms with Gasteiger partial charge in [0.1, 0.15) is 0 Å². The van der Waals surface area contributed by atoms with Crippen molar-refractivity contribution >= 4 is 15.9 Å². The third-order valence-electron chi connectivity index (χ3n) is 5.24. The normalized spacial score (nSPS) is 30.7. The highest BCUT2D eigenvalue weighted by molar-refractivity contribution is 9.10. The van der Waals surface area contributed by atoms with Gasteiger partial charge in [0.15, 0.2) is 0 Å². The summed E-state index contributed by atoms with van der Waals surface area (Å²) in [4.78, 5) is 2.48. The first kappa shape index (κ1) is 16.0. The number of benzene rings is 1. The minimum absolute atomic E-state index is 0.175. The van der Waals surface area contributed by atoms with Gasteiger partial charge in [0, 0.05) is 23.1 Å². The van der Waals surface area contributed by atoms with Crippen molar-refractivity contribution < 1.29 is 0 Å². The Morgan fingerprint density at radius 1 is 1.35 bits per heavy atom. The monoisotopic (exact) mass is 338 g/mol. The lowest BCUT2D eigenvalue weighted by molar-refractivity contribution is 0.0349. The molecule has 3 heteroatoms. The van der Waals surface area contributed by atoms with Crippen LogP contribution in [0.1, 0.15) is 38.7 Å². The van der Waals surface area contributed by atoms with Gasteiger partial charge in [-0.2, -0.15) is 0 Å². The number of nitrogens with two attached hydrogens (primary N) is 1. The molecule has 1 aliphatic rings. The second kappa shape index (κ2) is 6.59. The molecule has 0 aromatic heterocycles. The van der Waals surface area contributed by atoms with E-state index in [1.807, 2.05) is 0 Å². The molecule has 1 fully saturated rings. The van der Waals surface area contributed by atoms with Crippen LogP contribution in [0.25, 0.3) is 0 Å². The Morgan fingerprint density at radius 3 is 2.70 bits per heavy atom. The lowest BCUT2D eigenvalue weighted by Crippen LogP contribution is -2.55. The maximum Gasteiger partial charge on any atom is 0.0334 e. The van der Waals surface area contributed by atoms with Crippen LogP contribution in [-0.2, 0) is 6.54 Å². The summed E-state index contributed by atoms with van der Waals surface area (Å²) in [6.07, 6.45) is 3.73. The predicted octanol–water partition coefficient (Wildman–Crippen LogP) is 4.03. The highest BCUT2D eigenvalue weighted by Crippen LogP contribution is 2.39. The fraction of sp³-hybridized carbons (Fsp3) is 0.647. The largest absolute Gasteiger partial charge is 0.329 e. The van der Waals surface area contributed by atoms with Crippen LogP contribution in [-0.4, -0.2) is 24.0 Å². The summed E-state index contributed by atoms with van der Waals surface area (Å²) in [7, 11) is 2.23. The topological polar surface area (TPSA) is 29.3 Å². The van der Waals surface area contributed by atoms with Crippen molar-refractivity contribution in [2.45, 2.75) is 45.2 Å². The van der Waals surface area contributed by atoms with Gasteiger partial charge in [-0.15, -0.1) is 0 Å². The van der Waals surface area contributed by atoms with E-state index in [4.69, 9.17) is 5.73 Å². The van der Waals surface area contributed by atoms with Crippen molar-refractivity contribution in [1.82, 2.24) is 4.90 Å². The van der Waals surface area contributed by atoms with E-state index in [1.165, 1.54) is 24.8 Å². The first-order chi connectivity index (χ1) is 9.47. The molecule has 1 aromatic carbocycles. The second-order valence-corrected chi connectivity index (χ2v) is 7.53. The van der Waals surface area contributed by atoms with Crippen molar-refractivity contribution in [3.05, 3.63) is 34.3 Å². The zero-order valence-electron chi connectivity index (χ0n) is 12.9. The molecule has 0 aliphatic heterocycles. The molecule has 2 rings (SSSR count). The third kappa shape index (κ3) is 3.44. The second-order valence-electron chi connectivity index (χ2n) is 6.61. The van der Waals surface area contributed by atoms with Crippen LogP contribution < -0.4 is 5.73 Å². The van der Waals surface area contributed by atoms with Gasteiger partial charge in [-0.05, 0) is 55.8 Å². The summed E-state index contributed by atoms with van der Waals surface area (Å²) in [5, 5.41) is 0.